The van der Waals surface area contributed by atoms with Crippen molar-refractivity contribution >= 4 is 18.3 Å². The monoisotopic (exact) mass is 330 g/mol. The van der Waals surface area contributed by atoms with Gasteiger partial charge in [0, 0.05) is 18.6 Å². The van der Waals surface area contributed by atoms with Gasteiger partial charge >= 0.3 is 0 Å². The summed E-state index contributed by atoms with van der Waals surface area (Å²) < 4.78 is 18.7. The molecule has 1 aromatic carbocycles. The van der Waals surface area contributed by atoms with Gasteiger partial charge in [-0.25, -0.2) is 4.39 Å². The third kappa shape index (κ3) is 4.85. The van der Waals surface area contributed by atoms with Crippen LogP contribution in [0.15, 0.2) is 24.3 Å². The molecule has 1 aromatic rings. The fourth-order valence-corrected chi connectivity index (χ4v) is 2.77. The molecule has 0 aromatic heterocycles. The minimum absolute atomic E-state index is 0. The van der Waals surface area contributed by atoms with Crippen molar-refractivity contribution < 1.29 is 13.9 Å². The second-order valence-corrected chi connectivity index (χ2v) is 5.54. The SMILES string of the molecule is CC(N)C1CCCCN1C(=O)CCOc1ccccc1F.Cl. The molecule has 6 heteroatoms. The number of halogens is 2. The molecule has 22 heavy (non-hydrogen) atoms. The van der Waals surface area contributed by atoms with Crippen molar-refractivity contribution in [1.29, 1.82) is 0 Å². The highest BCUT2D eigenvalue weighted by Gasteiger charge is 2.28. The van der Waals surface area contributed by atoms with E-state index in [-0.39, 0.29) is 49.2 Å². The van der Waals surface area contributed by atoms with Crippen molar-refractivity contribution in [3.8, 4) is 5.75 Å². The quantitative estimate of drug-likeness (QED) is 0.903. The Morgan fingerprint density at radius 1 is 1.45 bits per heavy atom. The molecule has 1 amide bonds. The molecule has 1 fully saturated rings. The van der Waals surface area contributed by atoms with Crippen LogP contribution in [0.25, 0.3) is 0 Å². The van der Waals surface area contributed by atoms with E-state index in [1.54, 1.807) is 18.2 Å². The summed E-state index contributed by atoms with van der Waals surface area (Å²) in [6.07, 6.45) is 3.33. The highest BCUT2D eigenvalue weighted by Crippen LogP contribution is 2.20. The molecular weight excluding hydrogens is 307 g/mol. The lowest BCUT2D eigenvalue weighted by atomic mass is 9.96. The zero-order valence-electron chi connectivity index (χ0n) is 12.8. The number of piperidine rings is 1. The number of hydrogen-bond acceptors (Lipinski definition) is 3. The Bertz CT molecular complexity index is 485. The number of likely N-dealkylation sites (tertiary alicyclic amines) is 1. The summed E-state index contributed by atoms with van der Waals surface area (Å²) in [6.45, 7) is 2.87. The Morgan fingerprint density at radius 3 is 2.86 bits per heavy atom. The summed E-state index contributed by atoms with van der Waals surface area (Å²) in [5, 5.41) is 0. The predicted molar refractivity (Wildman–Crippen MR) is 86.8 cm³/mol. The maximum Gasteiger partial charge on any atom is 0.226 e. The predicted octanol–water partition coefficient (Wildman–Crippen LogP) is 2.74. The molecule has 2 atom stereocenters. The van der Waals surface area contributed by atoms with E-state index in [4.69, 9.17) is 10.5 Å². The van der Waals surface area contributed by atoms with Crippen LogP contribution in [0.1, 0.15) is 32.6 Å². The third-order valence-electron chi connectivity index (χ3n) is 3.89. The van der Waals surface area contributed by atoms with Gasteiger partial charge in [-0.1, -0.05) is 12.1 Å². The van der Waals surface area contributed by atoms with Crippen LogP contribution in [-0.4, -0.2) is 36.0 Å². The van der Waals surface area contributed by atoms with Gasteiger partial charge in [-0.05, 0) is 38.3 Å². The van der Waals surface area contributed by atoms with E-state index in [0.29, 0.717) is 0 Å². The molecule has 1 heterocycles. The molecular formula is C16H24ClFN2O2. The third-order valence-corrected chi connectivity index (χ3v) is 3.89. The van der Waals surface area contributed by atoms with E-state index in [9.17, 15) is 9.18 Å². The molecule has 1 saturated heterocycles. The Balaban J connectivity index is 0.00000242. The Kier molecular flexibility index (Phi) is 7.62. The van der Waals surface area contributed by atoms with Gasteiger partial charge in [-0.15, -0.1) is 12.4 Å². The topological polar surface area (TPSA) is 55.6 Å². The van der Waals surface area contributed by atoms with Gasteiger partial charge in [-0.2, -0.15) is 0 Å². The number of para-hydroxylation sites is 1. The van der Waals surface area contributed by atoms with Crippen molar-refractivity contribution in [3.63, 3.8) is 0 Å². The number of nitrogens with zero attached hydrogens (tertiary/aromatic N) is 1. The van der Waals surface area contributed by atoms with Gasteiger partial charge in [0.15, 0.2) is 11.6 Å². The van der Waals surface area contributed by atoms with Crippen LogP contribution in [0.5, 0.6) is 5.75 Å². The van der Waals surface area contributed by atoms with Gasteiger partial charge in [-0.3, -0.25) is 4.79 Å². The zero-order valence-corrected chi connectivity index (χ0v) is 13.7. The Morgan fingerprint density at radius 2 is 2.18 bits per heavy atom. The average molecular weight is 331 g/mol. The largest absolute Gasteiger partial charge is 0.490 e. The zero-order chi connectivity index (χ0) is 15.2. The highest BCUT2D eigenvalue weighted by molar-refractivity contribution is 5.85. The number of nitrogens with two attached hydrogens (primary N) is 1. The Hall–Kier alpha value is -1.33. The van der Waals surface area contributed by atoms with Crippen molar-refractivity contribution in [2.45, 2.75) is 44.7 Å². The molecule has 124 valence electrons. The van der Waals surface area contributed by atoms with E-state index in [1.807, 2.05) is 11.8 Å². The molecule has 0 saturated carbocycles. The lowest BCUT2D eigenvalue weighted by molar-refractivity contribution is -0.135. The second kappa shape index (κ2) is 8.96. The summed E-state index contributed by atoms with van der Waals surface area (Å²) >= 11 is 0. The van der Waals surface area contributed by atoms with Gasteiger partial charge in [0.1, 0.15) is 0 Å². The van der Waals surface area contributed by atoms with Crippen LogP contribution in [0.4, 0.5) is 4.39 Å². The highest BCUT2D eigenvalue weighted by atomic mass is 35.5. The molecule has 0 aliphatic carbocycles. The van der Waals surface area contributed by atoms with Gasteiger partial charge in [0.05, 0.1) is 13.0 Å². The molecule has 0 radical (unpaired) electrons. The number of amides is 1. The fraction of sp³-hybridized carbons (Fsp3) is 0.562. The summed E-state index contributed by atoms with van der Waals surface area (Å²) in [7, 11) is 0. The van der Waals surface area contributed by atoms with Gasteiger partial charge in [0.25, 0.3) is 0 Å². The van der Waals surface area contributed by atoms with Crippen LogP contribution in [0.3, 0.4) is 0 Å². The number of hydrogen-bond donors (Lipinski definition) is 1. The smallest absolute Gasteiger partial charge is 0.226 e. The second-order valence-electron chi connectivity index (χ2n) is 5.54. The first-order valence-electron chi connectivity index (χ1n) is 7.52. The van der Waals surface area contributed by atoms with Crippen molar-refractivity contribution in [2.75, 3.05) is 13.2 Å². The minimum atomic E-state index is -0.406. The minimum Gasteiger partial charge on any atom is -0.490 e. The molecule has 1 aliphatic rings. The van der Waals surface area contributed by atoms with Gasteiger partial charge in [0.2, 0.25) is 5.91 Å². The maximum atomic E-state index is 13.4. The lowest BCUT2D eigenvalue weighted by Crippen LogP contribution is -2.51. The van der Waals surface area contributed by atoms with Crippen LogP contribution in [0.2, 0.25) is 0 Å². The molecule has 1 aliphatic heterocycles. The fourth-order valence-electron chi connectivity index (χ4n) is 2.77. The normalized spacial score (nSPS) is 19.2. The molecule has 0 spiro atoms. The van der Waals surface area contributed by atoms with Crippen LogP contribution >= 0.6 is 12.4 Å². The molecule has 2 rings (SSSR count). The average Bonchev–Trinajstić information content (AvgIpc) is 2.49. The molecule has 2 unspecified atom stereocenters. The summed E-state index contributed by atoms with van der Waals surface area (Å²) in [6, 6.07) is 6.30. The van der Waals surface area contributed by atoms with E-state index in [1.165, 1.54) is 6.07 Å². The first-order chi connectivity index (χ1) is 10.1. The number of ether oxygens (including phenoxy) is 1. The van der Waals surface area contributed by atoms with E-state index in [0.717, 1.165) is 25.8 Å². The van der Waals surface area contributed by atoms with Crippen molar-refractivity contribution in [3.05, 3.63) is 30.1 Å². The number of benzene rings is 1. The number of rotatable bonds is 5. The molecule has 4 nitrogen and oxygen atoms in total. The summed E-state index contributed by atoms with van der Waals surface area (Å²) in [5.74, 6) is -0.183. The lowest BCUT2D eigenvalue weighted by Gasteiger charge is -2.38. The molecule has 2 N–H and O–H groups in total. The van der Waals surface area contributed by atoms with Crippen molar-refractivity contribution in [2.24, 2.45) is 5.73 Å². The Labute approximate surface area is 137 Å². The first-order valence-corrected chi connectivity index (χ1v) is 7.52. The maximum absolute atomic E-state index is 13.4. The van der Waals surface area contributed by atoms with Gasteiger partial charge < -0.3 is 15.4 Å². The first kappa shape index (κ1) is 18.7. The molecule has 0 bridgehead atoms. The standard InChI is InChI=1S/C16H23FN2O2.ClH/c1-12(18)14-7-4-5-10-19(14)16(20)9-11-21-15-8-3-2-6-13(15)17;/h2-3,6,8,12,14H,4-5,7,9-11,18H2,1H3;1H. The van der Waals surface area contributed by atoms with E-state index >= 15 is 0 Å². The van der Waals surface area contributed by atoms with E-state index < -0.39 is 5.82 Å². The summed E-state index contributed by atoms with van der Waals surface area (Å²) in [5.41, 5.74) is 5.96. The van der Waals surface area contributed by atoms with Crippen LogP contribution < -0.4 is 10.5 Å². The number of carbonyl (C=O) groups is 1. The van der Waals surface area contributed by atoms with Crippen LogP contribution in [0, 0.1) is 5.82 Å². The number of carbonyl (C=O) groups excluding carboxylic acids is 1. The van der Waals surface area contributed by atoms with Crippen LogP contribution in [-0.2, 0) is 4.79 Å². The van der Waals surface area contributed by atoms with E-state index in [2.05, 4.69) is 0 Å². The summed E-state index contributed by atoms with van der Waals surface area (Å²) in [4.78, 5) is 14.1. The van der Waals surface area contributed by atoms with Crippen molar-refractivity contribution in [1.82, 2.24) is 4.90 Å².